The van der Waals surface area contributed by atoms with E-state index in [2.05, 4.69) is 30.5 Å². The van der Waals surface area contributed by atoms with Gasteiger partial charge in [0.05, 0.1) is 5.56 Å². The van der Waals surface area contributed by atoms with Crippen LogP contribution in [0.15, 0.2) is 18.2 Å². The second-order valence-electron chi connectivity index (χ2n) is 4.14. The number of hydrogen-bond donors (Lipinski definition) is 2. The van der Waals surface area contributed by atoms with Crippen LogP contribution in [0.4, 0.5) is 5.69 Å². The van der Waals surface area contributed by atoms with Gasteiger partial charge in [-0.2, -0.15) is 0 Å². The fraction of sp³-hybridized carbons (Fsp3) is 0.417. The Morgan fingerprint density at radius 3 is 2.67 bits per heavy atom. The maximum absolute atomic E-state index is 11.7. The van der Waals surface area contributed by atoms with Crippen molar-refractivity contribution in [3.63, 3.8) is 0 Å². The fourth-order valence-electron chi connectivity index (χ4n) is 1.73. The summed E-state index contributed by atoms with van der Waals surface area (Å²) in [4.78, 5) is 11.7. The molecule has 0 fully saturated rings. The van der Waals surface area contributed by atoms with Crippen LogP contribution in [-0.4, -0.2) is 19.0 Å². The van der Waals surface area contributed by atoms with Gasteiger partial charge in [0.15, 0.2) is 0 Å². The number of hydrogen-bond acceptors (Lipinski definition) is 2. The molecule has 0 aliphatic carbocycles. The summed E-state index contributed by atoms with van der Waals surface area (Å²) in [5.74, 6) is 0.476. The molecule has 0 saturated carbocycles. The van der Waals surface area contributed by atoms with Crippen LogP contribution in [0, 0.1) is 0 Å². The van der Waals surface area contributed by atoms with Crippen LogP contribution in [0.3, 0.4) is 0 Å². The van der Waals surface area contributed by atoms with E-state index in [0.717, 1.165) is 17.8 Å². The average Bonchev–Trinajstić information content (AvgIpc) is 2.40. The molecule has 0 saturated heterocycles. The van der Waals surface area contributed by atoms with Crippen LogP contribution in [0.5, 0.6) is 0 Å². The first-order valence-electron chi connectivity index (χ1n) is 5.34. The molecule has 2 N–H and O–H groups in total. The number of carbonyl (C=O) groups excluding carboxylic acids is 1. The third-order valence-corrected chi connectivity index (χ3v) is 2.68. The first kappa shape index (κ1) is 10.0. The van der Waals surface area contributed by atoms with Crippen molar-refractivity contribution >= 4 is 11.6 Å². The van der Waals surface area contributed by atoms with E-state index in [4.69, 9.17) is 0 Å². The molecule has 2 rings (SSSR count). The lowest BCUT2D eigenvalue weighted by molar-refractivity contribution is 0.0958. The monoisotopic (exact) mass is 204 g/mol. The molecular formula is C12H16N2O. The SMILES string of the molecule is CC(C)c1ccc2c(c1)C(=O)NCCN2. The van der Waals surface area contributed by atoms with E-state index in [1.807, 2.05) is 12.1 Å². The van der Waals surface area contributed by atoms with E-state index in [0.29, 0.717) is 12.5 Å². The summed E-state index contributed by atoms with van der Waals surface area (Å²) < 4.78 is 0. The number of amides is 1. The highest BCUT2D eigenvalue weighted by Gasteiger charge is 2.15. The Morgan fingerprint density at radius 1 is 1.20 bits per heavy atom. The van der Waals surface area contributed by atoms with Crippen molar-refractivity contribution in [3.8, 4) is 0 Å². The van der Waals surface area contributed by atoms with E-state index in [1.165, 1.54) is 5.56 Å². The van der Waals surface area contributed by atoms with Crippen LogP contribution >= 0.6 is 0 Å². The molecule has 1 aliphatic rings. The van der Waals surface area contributed by atoms with Gasteiger partial charge in [0.1, 0.15) is 0 Å². The second-order valence-corrected chi connectivity index (χ2v) is 4.14. The van der Waals surface area contributed by atoms with Crippen molar-refractivity contribution in [2.45, 2.75) is 19.8 Å². The molecule has 1 aromatic carbocycles. The third kappa shape index (κ3) is 1.96. The van der Waals surface area contributed by atoms with Gasteiger partial charge in [-0.1, -0.05) is 19.9 Å². The van der Waals surface area contributed by atoms with Crippen molar-refractivity contribution in [1.29, 1.82) is 0 Å². The minimum Gasteiger partial charge on any atom is -0.383 e. The molecule has 0 unspecified atom stereocenters. The standard InChI is InChI=1S/C12H16N2O/c1-8(2)9-3-4-11-10(7-9)12(15)14-6-5-13-11/h3-4,7-8,13H,5-6H2,1-2H3,(H,14,15). The van der Waals surface area contributed by atoms with Gasteiger partial charge in [-0.3, -0.25) is 4.79 Å². The van der Waals surface area contributed by atoms with Crippen molar-refractivity contribution in [2.75, 3.05) is 18.4 Å². The van der Waals surface area contributed by atoms with E-state index in [9.17, 15) is 4.79 Å². The molecule has 0 atom stereocenters. The maximum atomic E-state index is 11.7. The lowest BCUT2D eigenvalue weighted by Gasteiger charge is -2.10. The van der Waals surface area contributed by atoms with Crippen LogP contribution < -0.4 is 10.6 Å². The van der Waals surface area contributed by atoms with Gasteiger partial charge in [0, 0.05) is 18.8 Å². The second kappa shape index (κ2) is 3.93. The minimum atomic E-state index is 0.0255. The van der Waals surface area contributed by atoms with Crippen molar-refractivity contribution < 1.29 is 4.79 Å². The molecule has 80 valence electrons. The predicted molar refractivity (Wildman–Crippen MR) is 61.4 cm³/mol. The number of anilines is 1. The largest absolute Gasteiger partial charge is 0.383 e. The van der Waals surface area contributed by atoms with Gasteiger partial charge in [0.2, 0.25) is 0 Å². The summed E-state index contributed by atoms with van der Waals surface area (Å²) >= 11 is 0. The number of carbonyl (C=O) groups is 1. The molecule has 1 amide bonds. The molecule has 3 nitrogen and oxygen atoms in total. The Kier molecular flexibility index (Phi) is 2.62. The van der Waals surface area contributed by atoms with Gasteiger partial charge in [-0.25, -0.2) is 0 Å². The molecule has 0 spiro atoms. The molecule has 1 aliphatic heterocycles. The molecule has 1 aromatic rings. The van der Waals surface area contributed by atoms with E-state index >= 15 is 0 Å². The maximum Gasteiger partial charge on any atom is 0.253 e. The highest BCUT2D eigenvalue weighted by molar-refractivity contribution is 6.00. The van der Waals surface area contributed by atoms with Crippen LogP contribution in [-0.2, 0) is 0 Å². The van der Waals surface area contributed by atoms with E-state index in [-0.39, 0.29) is 5.91 Å². The quantitative estimate of drug-likeness (QED) is 0.734. The minimum absolute atomic E-state index is 0.0255. The molecule has 1 heterocycles. The Balaban J connectivity index is 2.44. The summed E-state index contributed by atoms with van der Waals surface area (Å²) in [6, 6.07) is 6.05. The Bertz CT molecular complexity index is 385. The number of nitrogens with one attached hydrogen (secondary N) is 2. The van der Waals surface area contributed by atoms with E-state index < -0.39 is 0 Å². The van der Waals surface area contributed by atoms with Crippen LogP contribution in [0.1, 0.15) is 35.7 Å². The highest BCUT2D eigenvalue weighted by Crippen LogP contribution is 2.23. The lowest BCUT2D eigenvalue weighted by Crippen LogP contribution is -2.24. The zero-order valence-electron chi connectivity index (χ0n) is 9.13. The van der Waals surface area contributed by atoms with Gasteiger partial charge in [-0.05, 0) is 23.6 Å². The predicted octanol–water partition coefficient (Wildman–Crippen LogP) is 1.97. The smallest absolute Gasteiger partial charge is 0.253 e. The normalized spacial score (nSPS) is 15.3. The fourth-order valence-corrected chi connectivity index (χ4v) is 1.73. The van der Waals surface area contributed by atoms with Crippen molar-refractivity contribution in [2.24, 2.45) is 0 Å². The molecule has 3 heteroatoms. The first-order valence-corrected chi connectivity index (χ1v) is 5.34. The van der Waals surface area contributed by atoms with Crippen molar-refractivity contribution in [3.05, 3.63) is 29.3 Å². The molecule has 0 radical (unpaired) electrons. The highest BCUT2D eigenvalue weighted by atomic mass is 16.1. The van der Waals surface area contributed by atoms with E-state index in [1.54, 1.807) is 0 Å². The Labute approximate surface area is 89.9 Å². The van der Waals surface area contributed by atoms with Gasteiger partial charge < -0.3 is 10.6 Å². The third-order valence-electron chi connectivity index (χ3n) is 2.68. The zero-order valence-corrected chi connectivity index (χ0v) is 9.13. The summed E-state index contributed by atoms with van der Waals surface area (Å²) in [5, 5.41) is 6.10. The first-order chi connectivity index (χ1) is 7.18. The summed E-state index contributed by atoms with van der Waals surface area (Å²) in [7, 11) is 0. The Hall–Kier alpha value is -1.51. The van der Waals surface area contributed by atoms with Gasteiger partial charge in [0.25, 0.3) is 5.91 Å². The topological polar surface area (TPSA) is 41.1 Å². The number of benzene rings is 1. The van der Waals surface area contributed by atoms with Crippen LogP contribution in [0.25, 0.3) is 0 Å². The molecule has 0 bridgehead atoms. The molecule has 0 aromatic heterocycles. The summed E-state index contributed by atoms with van der Waals surface area (Å²) in [6.45, 7) is 5.73. The average molecular weight is 204 g/mol. The summed E-state index contributed by atoms with van der Waals surface area (Å²) in [6.07, 6.45) is 0. The molecule has 15 heavy (non-hydrogen) atoms. The Morgan fingerprint density at radius 2 is 1.93 bits per heavy atom. The van der Waals surface area contributed by atoms with Gasteiger partial charge in [-0.15, -0.1) is 0 Å². The molecular weight excluding hydrogens is 188 g/mol. The van der Waals surface area contributed by atoms with Crippen molar-refractivity contribution in [1.82, 2.24) is 5.32 Å². The van der Waals surface area contributed by atoms with Crippen LogP contribution in [0.2, 0.25) is 0 Å². The zero-order chi connectivity index (χ0) is 10.8. The summed E-state index contributed by atoms with van der Waals surface area (Å²) in [5.41, 5.74) is 2.90. The van der Waals surface area contributed by atoms with Gasteiger partial charge >= 0.3 is 0 Å². The lowest BCUT2D eigenvalue weighted by atomic mass is 9.99. The number of fused-ring (bicyclic) bond motifs is 1. The number of rotatable bonds is 1.